The van der Waals surface area contributed by atoms with Crippen LogP contribution in [0.4, 0.5) is 0 Å². The molecule has 4 atom stereocenters. The number of nitrogens with zero attached hydrogens (tertiary/aromatic N) is 6. The molecule has 4 fully saturated rings. The average Bonchev–Trinajstić information content (AvgIpc) is 3.55. The van der Waals surface area contributed by atoms with E-state index in [1.54, 1.807) is 6.26 Å². The number of aryl methyl sites for hydroxylation is 1. The van der Waals surface area contributed by atoms with E-state index in [4.69, 9.17) is 0 Å². The Morgan fingerprint density at radius 2 is 1.87 bits per heavy atom. The standard InChI is InChI=1S/C27H39N7O2S2/c1-17(2)26-31-30-18(3)34(26)22-14-20-13-21(15-22)33(20)12-9-24(25-6-5-23(16-28)37-25)29-27(35)19-7-10-32(11-8-19)38(4)36/h5-6,17,19-22,24H,7-15H2,1-4H3,(H,29,35). The average molecular weight is 558 g/mol. The largest absolute Gasteiger partial charge is 0.348 e. The molecule has 0 spiro atoms. The van der Waals surface area contributed by atoms with Crippen LogP contribution in [0.25, 0.3) is 0 Å². The molecule has 4 aliphatic rings. The molecular weight excluding hydrogens is 518 g/mol. The molecule has 5 heterocycles. The third-order valence-electron chi connectivity index (χ3n) is 8.61. The Morgan fingerprint density at radius 1 is 1.18 bits per heavy atom. The minimum Gasteiger partial charge on any atom is -0.348 e. The molecular formula is C27H39N7O2S2. The summed E-state index contributed by atoms with van der Waals surface area (Å²) in [4.78, 5) is 17.6. The lowest BCUT2D eigenvalue weighted by Crippen LogP contribution is -2.61. The van der Waals surface area contributed by atoms with E-state index in [1.807, 2.05) is 16.4 Å². The highest BCUT2D eigenvalue weighted by Gasteiger charge is 2.46. The van der Waals surface area contributed by atoms with Crippen LogP contribution in [0.15, 0.2) is 12.1 Å². The maximum absolute atomic E-state index is 13.3. The van der Waals surface area contributed by atoms with Crippen LogP contribution in [0.3, 0.4) is 0 Å². The molecule has 2 aromatic heterocycles. The third kappa shape index (κ3) is 5.60. The second-order valence-electron chi connectivity index (χ2n) is 11.3. The summed E-state index contributed by atoms with van der Waals surface area (Å²) in [5.74, 6) is 2.48. The van der Waals surface area contributed by atoms with E-state index in [-0.39, 0.29) is 17.9 Å². The summed E-state index contributed by atoms with van der Waals surface area (Å²) in [5, 5.41) is 21.5. The lowest BCUT2D eigenvalue weighted by atomic mass is 9.76. The van der Waals surface area contributed by atoms with Gasteiger partial charge in [0.05, 0.1) is 17.0 Å². The van der Waals surface area contributed by atoms with Crippen molar-refractivity contribution in [3.63, 3.8) is 0 Å². The van der Waals surface area contributed by atoms with Crippen molar-refractivity contribution in [3.8, 4) is 6.07 Å². The summed E-state index contributed by atoms with van der Waals surface area (Å²) in [7, 11) is -0.983. The zero-order valence-electron chi connectivity index (χ0n) is 22.8. The molecule has 9 nitrogen and oxygen atoms in total. The second-order valence-corrected chi connectivity index (χ2v) is 13.8. The van der Waals surface area contributed by atoms with Crippen molar-refractivity contribution in [1.82, 2.24) is 29.3 Å². The van der Waals surface area contributed by atoms with Gasteiger partial charge in [-0.05, 0) is 57.6 Å². The SMILES string of the molecule is Cc1nnc(C(C)C)n1C1CC2CC(C1)N2CCC(NC(=O)C1CCN(S(C)=O)CC1)c1ccc(C#N)s1. The van der Waals surface area contributed by atoms with Crippen LogP contribution in [0.5, 0.6) is 0 Å². The maximum atomic E-state index is 13.3. The topological polar surface area (TPSA) is 107 Å². The fraction of sp³-hybridized carbons (Fsp3) is 0.704. The van der Waals surface area contributed by atoms with E-state index in [0.717, 1.165) is 55.2 Å². The van der Waals surface area contributed by atoms with Gasteiger partial charge in [0.2, 0.25) is 5.91 Å². The van der Waals surface area contributed by atoms with E-state index in [0.29, 0.717) is 42.0 Å². The van der Waals surface area contributed by atoms with Gasteiger partial charge in [0, 0.05) is 60.7 Å². The van der Waals surface area contributed by atoms with Gasteiger partial charge < -0.3 is 9.88 Å². The zero-order valence-corrected chi connectivity index (χ0v) is 24.4. The Kier molecular flexibility index (Phi) is 8.33. The summed E-state index contributed by atoms with van der Waals surface area (Å²) in [6, 6.07) is 7.54. The van der Waals surface area contributed by atoms with Crippen molar-refractivity contribution in [3.05, 3.63) is 33.5 Å². The smallest absolute Gasteiger partial charge is 0.223 e. The van der Waals surface area contributed by atoms with Crippen molar-refractivity contribution in [2.45, 2.75) is 89.4 Å². The number of nitriles is 1. The molecule has 1 N–H and O–H groups in total. The predicted molar refractivity (Wildman–Crippen MR) is 149 cm³/mol. The first-order chi connectivity index (χ1) is 18.2. The van der Waals surface area contributed by atoms with Gasteiger partial charge >= 0.3 is 0 Å². The van der Waals surface area contributed by atoms with Gasteiger partial charge in [0.1, 0.15) is 22.6 Å². The molecule has 206 valence electrons. The Morgan fingerprint density at radius 3 is 2.47 bits per heavy atom. The fourth-order valence-corrected chi connectivity index (χ4v) is 8.18. The van der Waals surface area contributed by atoms with Crippen LogP contribution >= 0.6 is 11.3 Å². The minimum atomic E-state index is -0.983. The molecule has 6 rings (SSSR count). The van der Waals surface area contributed by atoms with Gasteiger partial charge in [0.15, 0.2) is 0 Å². The van der Waals surface area contributed by atoms with Gasteiger partial charge in [-0.3, -0.25) is 9.69 Å². The van der Waals surface area contributed by atoms with Crippen molar-refractivity contribution in [1.29, 1.82) is 5.26 Å². The monoisotopic (exact) mass is 557 g/mol. The lowest BCUT2D eigenvalue weighted by molar-refractivity contribution is -0.127. The summed E-state index contributed by atoms with van der Waals surface area (Å²) in [5.41, 5.74) is 0. The second kappa shape index (κ2) is 11.5. The molecule has 4 unspecified atom stereocenters. The molecule has 1 saturated carbocycles. The zero-order chi connectivity index (χ0) is 27.0. The number of carbonyl (C=O) groups is 1. The van der Waals surface area contributed by atoms with Crippen molar-refractivity contribution < 1.29 is 9.00 Å². The number of hydrogen-bond acceptors (Lipinski definition) is 7. The summed E-state index contributed by atoms with van der Waals surface area (Å²) in [6.07, 6.45) is 7.44. The Bertz CT molecular complexity index is 1200. The minimum absolute atomic E-state index is 0.0565. The summed E-state index contributed by atoms with van der Waals surface area (Å²) < 4.78 is 16.1. The van der Waals surface area contributed by atoms with Gasteiger partial charge in [-0.2, -0.15) is 5.26 Å². The molecule has 3 saturated heterocycles. The number of aromatic nitrogens is 3. The Hall–Kier alpha value is -2.13. The number of piperidine rings is 2. The van der Waals surface area contributed by atoms with Gasteiger partial charge in [-0.15, -0.1) is 21.5 Å². The van der Waals surface area contributed by atoms with Gasteiger partial charge in [-0.25, -0.2) is 8.51 Å². The third-order valence-corrected chi connectivity index (χ3v) is 10.8. The van der Waals surface area contributed by atoms with Gasteiger partial charge in [-0.1, -0.05) is 13.8 Å². The number of amides is 1. The first-order valence-electron chi connectivity index (χ1n) is 13.8. The first-order valence-corrected chi connectivity index (χ1v) is 16.1. The van der Waals surface area contributed by atoms with Crippen molar-refractivity contribution >= 4 is 28.2 Å². The molecule has 3 aliphatic heterocycles. The molecule has 38 heavy (non-hydrogen) atoms. The number of hydrogen-bond donors (Lipinski definition) is 1. The van der Waals surface area contributed by atoms with Crippen LogP contribution < -0.4 is 5.32 Å². The molecule has 1 amide bonds. The summed E-state index contributed by atoms with van der Waals surface area (Å²) in [6.45, 7) is 8.73. The molecule has 2 bridgehead atoms. The van der Waals surface area contributed by atoms with Crippen LogP contribution in [0.2, 0.25) is 0 Å². The van der Waals surface area contributed by atoms with Crippen LogP contribution in [-0.4, -0.2) is 72.1 Å². The number of fused-ring (bicyclic) bond motifs is 2. The number of rotatable bonds is 9. The lowest BCUT2D eigenvalue weighted by Gasteiger charge is -2.56. The van der Waals surface area contributed by atoms with Gasteiger partial charge in [0.25, 0.3) is 0 Å². The Balaban J connectivity index is 1.21. The highest BCUT2D eigenvalue weighted by Crippen LogP contribution is 2.45. The quantitative estimate of drug-likeness (QED) is 0.504. The van der Waals surface area contributed by atoms with E-state index in [1.165, 1.54) is 17.8 Å². The number of thiophene rings is 1. The van der Waals surface area contributed by atoms with E-state index in [9.17, 15) is 14.3 Å². The summed E-state index contributed by atoms with van der Waals surface area (Å²) >= 11 is 1.48. The molecule has 0 aromatic carbocycles. The normalized spacial score (nSPS) is 26.1. The van der Waals surface area contributed by atoms with Crippen molar-refractivity contribution in [2.24, 2.45) is 5.92 Å². The maximum Gasteiger partial charge on any atom is 0.223 e. The highest BCUT2D eigenvalue weighted by molar-refractivity contribution is 7.81. The number of carbonyl (C=O) groups excluding carboxylic acids is 1. The predicted octanol–water partition coefficient (Wildman–Crippen LogP) is 3.67. The molecule has 2 aromatic rings. The fourth-order valence-electron chi connectivity index (χ4n) is 6.57. The molecule has 11 heteroatoms. The van der Waals surface area contributed by atoms with E-state index >= 15 is 0 Å². The van der Waals surface area contributed by atoms with Crippen molar-refractivity contribution in [2.75, 3.05) is 25.9 Å². The molecule has 1 aliphatic carbocycles. The van der Waals surface area contributed by atoms with E-state index in [2.05, 4.69) is 51.8 Å². The van der Waals surface area contributed by atoms with E-state index < -0.39 is 11.0 Å². The van der Waals surface area contributed by atoms with Crippen LogP contribution in [0.1, 0.15) is 91.8 Å². The van der Waals surface area contributed by atoms with Crippen LogP contribution in [-0.2, 0) is 15.8 Å². The molecule has 0 radical (unpaired) electrons. The van der Waals surface area contributed by atoms with Crippen LogP contribution in [0, 0.1) is 24.2 Å². The highest BCUT2D eigenvalue weighted by atomic mass is 32.2. The first kappa shape index (κ1) is 27.4. The Labute approximate surface area is 232 Å². The number of nitrogens with one attached hydrogen (secondary N) is 1.